The van der Waals surface area contributed by atoms with E-state index in [2.05, 4.69) is 49.1 Å². The summed E-state index contributed by atoms with van der Waals surface area (Å²) in [4.78, 5) is 4.90. The highest BCUT2D eigenvalue weighted by molar-refractivity contribution is 5.04. The standard InChI is InChI=1S/C16H32N4/c1-14(2)18-16(3,13-17)9-7-11-20-10-6-8-15(12-20)19(4)5/h14-15,18H,6-12H2,1-5H3. The average molecular weight is 280 g/mol. The van der Waals surface area contributed by atoms with Crippen LogP contribution < -0.4 is 5.32 Å². The Morgan fingerprint density at radius 2 is 2.15 bits per heavy atom. The van der Waals surface area contributed by atoms with E-state index in [0.29, 0.717) is 12.1 Å². The minimum atomic E-state index is -0.384. The molecule has 2 atom stereocenters. The van der Waals surface area contributed by atoms with E-state index in [1.165, 1.54) is 25.9 Å². The summed E-state index contributed by atoms with van der Waals surface area (Å²) in [6.45, 7) is 9.72. The summed E-state index contributed by atoms with van der Waals surface area (Å²) in [5, 5.41) is 12.7. The van der Waals surface area contributed by atoms with Gasteiger partial charge in [0.05, 0.1) is 6.07 Å². The number of hydrogen-bond acceptors (Lipinski definition) is 4. The van der Waals surface area contributed by atoms with E-state index in [4.69, 9.17) is 0 Å². The molecule has 0 aliphatic carbocycles. The first-order chi connectivity index (χ1) is 9.36. The van der Waals surface area contributed by atoms with Crippen molar-refractivity contribution in [1.82, 2.24) is 15.1 Å². The second kappa shape index (κ2) is 7.97. The third kappa shape index (κ3) is 5.78. The Bertz CT molecular complexity index is 321. The lowest BCUT2D eigenvalue weighted by Gasteiger charge is -2.36. The van der Waals surface area contributed by atoms with Crippen LogP contribution >= 0.6 is 0 Å². The van der Waals surface area contributed by atoms with Gasteiger partial charge < -0.3 is 9.80 Å². The van der Waals surface area contributed by atoms with E-state index in [9.17, 15) is 5.26 Å². The Labute approximate surface area is 125 Å². The highest BCUT2D eigenvalue weighted by Gasteiger charge is 2.25. The number of likely N-dealkylation sites (tertiary alicyclic amines) is 1. The van der Waals surface area contributed by atoms with Crippen molar-refractivity contribution in [3.05, 3.63) is 0 Å². The first-order valence-electron chi connectivity index (χ1n) is 7.94. The molecular weight excluding hydrogens is 248 g/mol. The second-order valence-electron chi connectivity index (χ2n) is 6.91. The zero-order valence-corrected chi connectivity index (χ0v) is 13.9. The van der Waals surface area contributed by atoms with Crippen LogP contribution in [0.25, 0.3) is 0 Å². The largest absolute Gasteiger partial charge is 0.305 e. The van der Waals surface area contributed by atoms with E-state index < -0.39 is 0 Å². The Morgan fingerprint density at radius 3 is 2.70 bits per heavy atom. The monoisotopic (exact) mass is 280 g/mol. The van der Waals surface area contributed by atoms with Crippen molar-refractivity contribution in [2.75, 3.05) is 33.7 Å². The zero-order chi connectivity index (χ0) is 15.2. The van der Waals surface area contributed by atoms with Gasteiger partial charge in [0, 0.05) is 18.6 Å². The molecule has 0 aromatic rings. The van der Waals surface area contributed by atoms with Crippen LogP contribution in [-0.2, 0) is 0 Å². The van der Waals surface area contributed by atoms with Gasteiger partial charge in [0.15, 0.2) is 0 Å². The Balaban J connectivity index is 2.34. The van der Waals surface area contributed by atoms with Crippen molar-refractivity contribution >= 4 is 0 Å². The van der Waals surface area contributed by atoms with Gasteiger partial charge in [-0.3, -0.25) is 5.32 Å². The van der Waals surface area contributed by atoms with Crippen LogP contribution in [0.3, 0.4) is 0 Å². The summed E-state index contributed by atoms with van der Waals surface area (Å²) in [5.41, 5.74) is -0.384. The highest BCUT2D eigenvalue weighted by atomic mass is 15.2. The molecule has 2 unspecified atom stereocenters. The van der Waals surface area contributed by atoms with Crippen LogP contribution in [0, 0.1) is 11.3 Å². The van der Waals surface area contributed by atoms with Crippen LogP contribution in [0.5, 0.6) is 0 Å². The molecular formula is C16H32N4. The molecule has 4 nitrogen and oxygen atoms in total. The molecule has 1 aliphatic rings. The van der Waals surface area contributed by atoms with Gasteiger partial charge in [0.25, 0.3) is 0 Å². The number of nitrogens with zero attached hydrogens (tertiary/aromatic N) is 3. The predicted octanol–water partition coefficient (Wildman–Crippen LogP) is 2.07. The molecule has 1 N–H and O–H groups in total. The van der Waals surface area contributed by atoms with Gasteiger partial charge in [-0.2, -0.15) is 5.26 Å². The number of nitriles is 1. The molecule has 0 amide bonds. The van der Waals surface area contributed by atoms with Gasteiger partial charge in [0.1, 0.15) is 5.54 Å². The van der Waals surface area contributed by atoms with Gasteiger partial charge in [-0.25, -0.2) is 0 Å². The van der Waals surface area contributed by atoms with Crippen molar-refractivity contribution in [3.8, 4) is 6.07 Å². The molecule has 4 heteroatoms. The lowest BCUT2D eigenvalue weighted by Crippen LogP contribution is -2.47. The second-order valence-corrected chi connectivity index (χ2v) is 6.91. The Kier molecular flexibility index (Phi) is 6.94. The van der Waals surface area contributed by atoms with E-state index in [-0.39, 0.29) is 5.54 Å². The van der Waals surface area contributed by atoms with Gasteiger partial charge in [-0.1, -0.05) is 0 Å². The van der Waals surface area contributed by atoms with E-state index in [1.807, 2.05) is 6.92 Å². The maximum absolute atomic E-state index is 9.35. The predicted molar refractivity (Wildman–Crippen MR) is 84.7 cm³/mol. The van der Waals surface area contributed by atoms with Crippen LogP contribution in [-0.4, -0.2) is 61.2 Å². The molecule has 20 heavy (non-hydrogen) atoms. The summed E-state index contributed by atoms with van der Waals surface area (Å²) in [6.07, 6.45) is 4.62. The normalized spacial score (nSPS) is 23.8. The van der Waals surface area contributed by atoms with Gasteiger partial charge in [0.2, 0.25) is 0 Å². The third-order valence-corrected chi connectivity index (χ3v) is 4.22. The fourth-order valence-electron chi connectivity index (χ4n) is 3.11. The molecule has 1 heterocycles. The molecule has 0 spiro atoms. The fraction of sp³-hybridized carbons (Fsp3) is 0.938. The molecule has 1 rings (SSSR count). The lowest BCUT2D eigenvalue weighted by atomic mass is 9.96. The first-order valence-corrected chi connectivity index (χ1v) is 7.94. The lowest BCUT2D eigenvalue weighted by molar-refractivity contribution is 0.129. The fourth-order valence-corrected chi connectivity index (χ4v) is 3.11. The zero-order valence-electron chi connectivity index (χ0n) is 13.9. The van der Waals surface area contributed by atoms with Crippen LogP contribution in [0.15, 0.2) is 0 Å². The average Bonchev–Trinajstić information content (AvgIpc) is 2.38. The van der Waals surface area contributed by atoms with E-state index >= 15 is 0 Å². The molecule has 1 aliphatic heterocycles. The molecule has 0 radical (unpaired) electrons. The van der Waals surface area contributed by atoms with Crippen LogP contribution in [0.2, 0.25) is 0 Å². The number of likely N-dealkylation sites (N-methyl/N-ethyl adjacent to an activating group) is 1. The van der Waals surface area contributed by atoms with Gasteiger partial charge >= 0.3 is 0 Å². The summed E-state index contributed by atoms with van der Waals surface area (Å²) >= 11 is 0. The van der Waals surface area contributed by atoms with Crippen molar-refractivity contribution < 1.29 is 0 Å². The summed E-state index contributed by atoms with van der Waals surface area (Å²) < 4.78 is 0. The maximum atomic E-state index is 9.35. The summed E-state index contributed by atoms with van der Waals surface area (Å²) in [7, 11) is 4.35. The number of rotatable bonds is 7. The summed E-state index contributed by atoms with van der Waals surface area (Å²) in [6, 6.07) is 3.49. The van der Waals surface area contributed by atoms with Crippen molar-refractivity contribution in [2.24, 2.45) is 0 Å². The van der Waals surface area contributed by atoms with Crippen molar-refractivity contribution in [3.63, 3.8) is 0 Å². The first kappa shape index (κ1) is 17.4. The smallest absolute Gasteiger partial charge is 0.104 e. The van der Waals surface area contributed by atoms with Crippen molar-refractivity contribution in [2.45, 2.75) is 64.1 Å². The maximum Gasteiger partial charge on any atom is 0.104 e. The van der Waals surface area contributed by atoms with Crippen molar-refractivity contribution in [1.29, 1.82) is 5.26 Å². The Morgan fingerprint density at radius 1 is 1.45 bits per heavy atom. The minimum Gasteiger partial charge on any atom is -0.305 e. The minimum absolute atomic E-state index is 0.354. The third-order valence-electron chi connectivity index (χ3n) is 4.22. The molecule has 0 saturated carbocycles. The summed E-state index contributed by atoms with van der Waals surface area (Å²) in [5.74, 6) is 0. The number of piperidine rings is 1. The van der Waals surface area contributed by atoms with E-state index in [1.54, 1.807) is 0 Å². The topological polar surface area (TPSA) is 42.3 Å². The molecule has 116 valence electrons. The van der Waals surface area contributed by atoms with E-state index in [0.717, 1.165) is 19.4 Å². The molecule has 0 aromatic heterocycles. The van der Waals surface area contributed by atoms with Crippen LogP contribution in [0.1, 0.15) is 46.5 Å². The van der Waals surface area contributed by atoms with Gasteiger partial charge in [-0.15, -0.1) is 0 Å². The molecule has 0 bridgehead atoms. The SMILES string of the molecule is CC(C)NC(C)(C#N)CCCN1CCCC(N(C)C)C1. The number of nitrogens with one attached hydrogen (secondary N) is 1. The quantitative estimate of drug-likeness (QED) is 0.775. The molecule has 1 saturated heterocycles. The van der Waals surface area contributed by atoms with Crippen LogP contribution in [0.4, 0.5) is 0 Å². The Hall–Kier alpha value is -0.630. The van der Waals surface area contributed by atoms with Gasteiger partial charge in [-0.05, 0) is 73.6 Å². The molecule has 1 fully saturated rings. The number of hydrogen-bond donors (Lipinski definition) is 1. The molecule has 0 aromatic carbocycles. The highest BCUT2D eigenvalue weighted by Crippen LogP contribution is 2.17.